The normalized spacial score (nSPS) is 15.3. The molecule has 4 N–H and O–H groups in total. The zero-order valence-corrected chi connectivity index (χ0v) is 13.7. The molecule has 0 aliphatic heterocycles. The highest BCUT2D eigenvalue weighted by atomic mass is 16.3. The van der Waals surface area contributed by atoms with Crippen molar-refractivity contribution < 1.29 is 15.0 Å². The zero-order valence-electron chi connectivity index (χ0n) is 13.7. The Morgan fingerprint density at radius 1 is 1.08 bits per heavy atom. The Hall–Kier alpha value is -2.43. The molecule has 5 heteroatoms. The third-order valence-electron chi connectivity index (χ3n) is 4.70. The summed E-state index contributed by atoms with van der Waals surface area (Å²) in [5.74, 6) is -0.806. The summed E-state index contributed by atoms with van der Waals surface area (Å²) in [7, 11) is 0. The second-order valence-corrected chi connectivity index (χ2v) is 6.47. The fraction of sp³-hybridized carbons (Fsp3) is 0.421. The Labute approximate surface area is 141 Å². The van der Waals surface area contributed by atoms with Crippen LogP contribution in [0.4, 0.5) is 0 Å². The van der Waals surface area contributed by atoms with Gasteiger partial charge < -0.3 is 20.5 Å². The van der Waals surface area contributed by atoms with E-state index in [4.69, 9.17) is 0 Å². The second-order valence-electron chi connectivity index (χ2n) is 6.47. The second kappa shape index (κ2) is 7.43. The Bertz CT molecular complexity index is 688. The number of carbonyl (C=O) groups is 1. The molecule has 0 radical (unpaired) electrons. The van der Waals surface area contributed by atoms with Crippen molar-refractivity contribution in [3.63, 3.8) is 0 Å². The molecule has 0 atom stereocenters. The minimum atomic E-state index is -0.404. The van der Waals surface area contributed by atoms with Crippen LogP contribution in [0.25, 0.3) is 0 Å². The van der Waals surface area contributed by atoms with Gasteiger partial charge in [-0.1, -0.05) is 49.6 Å². The van der Waals surface area contributed by atoms with Crippen molar-refractivity contribution >= 4 is 5.91 Å². The molecule has 2 aromatic rings. The Kier molecular flexibility index (Phi) is 5.08. The van der Waals surface area contributed by atoms with Crippen LogP contribution in [0.2, 0.25) is 0 Å². The van der Waals surface area contributed by atoms with Gasteiger partial charge in [0.05, 0.1) is 5.69 Å². The molecule has 1 amide bonds. The largest absolute Gasteiger partial charge is 0.505 e. The van der Waals surface area contributed by atoms with E-state index < -0.39 is 5.91 Å². The van der Waals surface area contributed by atoms with Crippen LogP contribution in [0.5, 0.6) is 11.6 Å². The molecular formula is C19H24N2O3. The monoisotopic (exact) mass is 328 g/mol. The summed E-state index contributed by atoms with van der Waals surface area (Å²) >= 11 is 0. The first-order valence-electron chi connectivity index (χ1n) is 8.62. The first-order chi connectivity index (χ1) is 11.6. The molecular weight excluding hydrogens is 304 g/mol. The molecule has 0 unspecified atom stereocenters. The van der Waals surface area contributed by atoms with Crippen molar-refractivity contribution in [3.05, 3.63) is 47.2 Å². The quantitative estimate of drug-likeness (QED) is 0.679. The number of aromatic hydroxyl groups is 2. The van der Waals surface area contributed by atoms with Crippen LogP contribution >= 0.6 is 0 Å². The van der Waals surface area contributed by atoms with Crippen molar-refractivity contribution in [2.24, 2.45) is 0 Å². The van der Waals surface area contributed by atoms with Crippen molar-refractivity contribution in [2.45, 2.75) is 51.0 Å². The van der Waals surface area contributed by atoms with Crippen molar-refractivity contribution in [1.82, 2.24) is 10.3 Å². The molecule has 1 aliphatic carbocycles. The zero-order chi connectivity index (χ0) is 16.9. The number of nitrogens with one attached hydrogen (secondary N) is 2. The topological polar surface area (TPSA) is 85.4 Å². The van der Waals surface area contributed by atoms with Crippen LogP contribution in [0.15, 0.2) is 30.3 Å². The SMILES string of the molecule is O=C(NC1CCCCC1)c1c(O)[nH]c(CCc2ccccc2)c1O. The number of aryl methyl sites for hydroxylation is 2. The minimum Gasteiger partial charge on any atom is -0.505 e. The average Bonchev–Trinajstić information content (AvgIpc) is 2.88. The average molecular weight is 328 g/mol. The number of H-pyrrole nitrogens is 1. The molecule has 0 saturated heterocycles. The van der Waals surface area contributed by atoms with Gasteiger partial charge in [-0.2, -0.15) is 0 Å². The van der Waals surface area contributed by atoms with E-state index in [1.54, 1.807) is 0 Å². The molecule has 1 aliphatic rings. The van der Waals surface area contributed by atoms with Crippen LogP contribution in [0.1, 0.15) is 53.7 Å². The van der Waals surface area contributed by atoms with Gasteiger partial charge in [0, 0.05) is 6.04 Å². The molecule has 1 fully saturated rings. The summed E-state index contributed by atoms with van der Waals surface area (Å²) in [6.45, 7) is 0. The lowest BCUT2D eigenvalue weighted by molar-refractivity contribution is 0.0922. The molecule has 1 heterocycles. The van der Waals surface area contributed by atoms with Gasteiger partial charge in [0.2, 0.25) is 5.88 Å². The number of rotatable bonds is 5. The third-order valence-corrected chi connectivity index (χ3v) is 4.70. The number of aromatic amines is 1. The highest BCUT2D eigenvalue weighted by molar-refractivity contribution is 5.99. The lowest BCUT2D eigenvalue weighted by atomic mass is 9.95. The number of hydrogen-bond acceptors (Lipinski definition) is 3. The van der Waals surface area contributed by atoms with Crippen LogP contribution in [-0.4, -0.2) is 27.1 Å². The standard InChI is InChI=1S/C19H24N2O3/c22-17-15(12-11-13-7-3-1-4-8-13)21-19(24)16(17)18(23)20-14-9-5-2-6-10-14/h1,3-4,7-8,14,21-22,24H,2,5-6,9-12H2,(H,20,23). The van der Waals surface area contributed by atoms with E-state index in [0.29, 0.717) is 12.1 Å². The van der Waals surface area contributed by atoms with Gasteiger partial charge in [0.1, 0.15) is 5.56 Å². The van der Waals surface area contributed by atoms with E-state index in [1.807, 2.05) is 30.3 Å². The number of carbonyl (C=O) groups excluding carboxylic acids is 1. The summed E-state index contributed by atoms with van der Waals surface area (Å²) in [4.78, 5) is 15.1. The molecule has 3 rings (SSSR count). The number of aromatic nitrogens is 1. The Morgan fingerprint density at radius 2 is 1.79 bits per heavy atom. The summed E-state index contributed by atoms with van der Waals surface area (Å²) in [6, 6.07) is 10.0. The molecule has 1 aromatic carbocycles. The first-order valence-corrected chi connectivity index (χ1v) is 8.62. The first kappa shape index (κ1) is 16.4. The fourth-order valence-corrected chi connectivity index (χ4v) is 3.34. The third kappa shape index (κ3) is 3.72. The van der Waals surface area contributed by atoms with Gasteiger partial charge in [-0.3, -0.25) is 4.79 Å². The van der Waals surface area contributed by atoms with Gasteiger partial charge in [0.15, 0.2) is 5.75 Å². The Balaban J connectivity index is 1.67. The molecule has 24 heavy (non-hydrogen) atoms. The van der Waals surface area contributed by atoms with E-state index in [-0.39, 0.29) is 23.2 Å². The van der Waals surface area contributed by atoms with Crippen LogP contribution in [0.3, 0.4) is 0 Å². The van der Waals surface area contributed by atoms with Crippen molar-refractivity contribution in [3.8, 4) is 11.6 Å². The summed E-state index contributed by atoms with van der Waals surface area (Å²) in [5.41, 5.74) is 1.59. The van der Waals surface area contributed by atoms with E-state index in [2.05, 4.69) is 10.3 Å². The van der Waals surface area contributed by atoms with Crippen LogP contribution in [0, 0.1) is 0 Å². The highest BCUT2D eigenvalue weighted by Crippen LogP contribution is 2.32. The number of hydrogen-bond donors (Lipinski definition) is 4. The lowest BCUT2D eigenvalue weighted by Gasteiger charge is -2.22. The van der Waals surface area contributed by atoms with Crippen molar-refractivity contribution in [1.29, 1.82) is 0 Å². The van der Waals surface area contributed by atoms with Crippen molar-refractivity contribution in [2.75, 3.05) is 0 Å². The predicted molar refractivity (Wildman–Crippen MR) is 92.3 cm³/mol. The molecule has 128 valence electrons. The smallest absolute Gasteiger partial charge is 0.260 e. The summed E-state index contributed by atoms with van der Waals surface area (Å²) in [5, 5.41) is 23.3. The molecule has 0 bridgehead atoms. The van der Waals surface area contributed by atoms with E-state index in [0.717, 1.165) is 37.7 Å². The number of amides is 1. The van der Waals surface area contributed by atoms with Gasteiger partial charge in [-0.05, 0) is 31.2 Å². The van der Waals surface area contributed by atoms with Gasteiger partial charge in [-0.25, -0.2) is 0 Å². The fourth-order valence-electron chi connectivity index (χ4n) is 3.34. The molecule has 5 nitrogen and oxygen atoms in total. The van der Waals surface area contributed by atoms with E-state index in [1.165, 1.54) is 6.42 Å². The summed E-state index contributed by atoms with van der Waals surface area (Å²) in [6.07, 6.45) is 6.59. The maximum atomic E-state index is 12.4. The molecule has 0 spiro atoms. The van der Waals surface area contributed by atoms with Gasteiger partial charge in [0.25, 0.3) is 5.91 Å². The van der Waals surface area contributed by atoms with Crippen LogP contribution < -0.4 is 5.32 Å². The maximum Gasteiger partial charge on any atom is 0.260 e. The maximum absolute atomic E-state index is 12.4. The summed E-state index contributed by atoms with van der Waals surface area (Å²) < 4.78 is 0. The Morgan fingerprint density at radius 3 is 2.50 bits per heavy atom. The van der Waals surface area contributed by atoms with E-state index in [9.17, 15) is 15.0 Å². The van der Waals surface area contributed by atoms with Gasteiger partial charge in [-0.15, -0.1) is 0 Å². The minimum absolute atomic E-state index is 0.0383. The van der Waals surface area contributed by atoms with Gasteiger partial charge >= 0.3 is 0 Å². The predicted octanol–water partition coefficient (Wildman–Crippen LogP) is 3.27. The van der Waals surface area contributed by atoms with E-state index >= 15 is 0 Å². The number of benzene rings is 1. The molecule has 1 aromatic heterocycles. The highest BCUT2D eigenvalue weighted by Gasteiger charge is 2.25. The lowest BCUT2D eigenvalue weighted by Crippen LogP contribution is -2.36. The molecule has 1 saturated carbocycles. The van der Waals surface area contributed by atoms with Crippen LogP contribution in [-0.2, 0) is 12.8 Å².